The highest BCUT2D eigenvalue weighted by Crippen LogP contribution is 2.44. The number of para-hydroxylation sites is 1. The van der Waals surface area contributed by atoms with Crippen molar-refractivity contribution >= 4 is 21.8 Å². The number of imidazole rings is 1. The van der Waals surface area contributed by atoms with E-state index in [1.165, 1.54) is 70.7 Å². The van der Waals surface area contributed by atoms with Gasteiger partial charge in [0.25, 0.3) is 0 Å². The zero-order valence-electron chi connectivity index (χ0n) is 16.7. The standard InChI is InChI=1S/C26H26N2/c1-26(2)21-13-8-14-23-25(21)28(17-27(23)19-10-4-3-5-11-19)22-16-15-18-9-6-7-12-20(18)24(22)26/h6-9,12-16,19H,3-5,10-11H2,1-2H3. The molecule has 0 spiro atoms. The Morgan fingerprint density at radius 1 is 0.929 bits per heavy atom. The van der Waals surface area contributed by atoms with E-state index in [0.717, 1.165) is 0 Å². The lowest BCUT2D eigenvalue weighted by Crippen LogP contribution is -2.41. The summed E-state index contributed by atoms with van der Waals surface area (Å²) in [7, 11) is 0. The van der Waals surface area contributed by atoms with Crippen LogP contribution in [0, 0.1) is 6.33 Å². The van der Waals surface area contributed by atoms with Crippen LogP contribution >= 0.6 is 0 Å². The number of rotatable bonds is 1. The number of hydrogen-bond donors (Lipinski definition) is 0. The zero-order chi connectivity index (χ0) is 18.9. The van der Waals surface area contributed by atoms with Gasteiger partial charge in [0.15, 0.2) is 0 Å². The molecule has 0 N–H and O–H groups in total. The lowest BCUT2D eigenvalue weighted by atomic mass is 9.73. The fourth-order valence-electron chi connectivity index (χ4n) is 5.71. The molecular formula is C26H26N2. The number of fused-ring (bicyclic) bond motifs is 4. The molecule has 2 heteroatoms. The molecule has 1 saturated carbocycles. The van der Waals surface area contributed by atoms with Gasteiger partial charge >= 0.3 is 0 Å². The Morgan fingerprint density at radius 3 is 2.61 bits per heavy atom. The number of aromatic nitrogens is 2. The van der Waals surface area contributed by atoms with E-state index in [0.29, 0.717) is 6.04 Å². The summed E-state index contributed by atoms with van der Waals surface area (Å²) in [4.78, 5) is 0. The van der Waals surface area contributed by atoms with Gasteiger partial charge in [-0.05, 0) is 47.6 Å². The predicted molar refractivity (Wildman–Crippen MR) is 114 cm³/mol. The minimum atomic E-state index is -0.0394. The van der Waals surface area contributed by atoms with Crippen molar-refractivity contribution in [3.63, 3.8) is 0 Å². The molecule has 4 aromatic rings. The number of nitrogens with zero attached hydrogens (tertiary/aromatic N) is 2. The molecular weight excluding hydrogens is 340 g/mol. The highest BCUT2D eigenvalue weighted by Gasteiger charge is 2.35. The zero-order valence-corrected chi connectivity index (χ0v) is 16.7. The van der Waals surface area contributed by atoms with Gasteiger partial charge in [-0.3, -0.25) is 0 Å². The highest BCUT2D eigenvalue weighted by atomic mass is 15.2. The topological polar surface area (TPSA) is 8.81 Å². The summed E-state index contributed by atoms with van der Waals surface area (Å²) in [5, 5.41) is 2.68. The molecule has 2 nitrogen and oxygen atoms in total. The van der Waals surface area contributed by atoms with E-state index < -0.39 is 0 Å². The lowest BCUT2D eigenvalue weighted by molar-refractivity contribution is -0.575. The van der Waals surface area contributed by atoms with Gasteiger partial charge < -0.3 is 9.13 Å². The maximum atomic E-state index is 3.79. The van der Waals surface area contributed by atoms with Crippen LogP contribution in [-0.4, -0.2) is 4.57 Å². The summed E-state index contributed by atoms with van der Waals surface area (Å²) in [5.41, 5.74) is 6.79. The average Bonchev–Trinajstić information content (AvgIpc) is 3.12. The van der Waals surface area contributed by atoms with Crippen molar-refractivity contribution in [1.82, 2.24) is 4.57 Å². The molecule has 28 heavy (non-hydrogen) atoms. The second-order valence-corrected chi connectivity index (χ2v) is 9.08. The Kier molecular flexibility index (Phi) is 3.33. The van der Waals surface area contributed by atoms with E-state index in [1.54, 1.807) is 0 Å². The van der Waals surface area contributed by atoms with Crippen LogP contribution in [0.1, 0.15) is 63.1 Å². The molecule has 0 saturated heterocycles. The van der Waals surface area contributed by atoms with E-state index in [2.05, 4.69) is 83.9 Å². The van der Waals surface area contributed by atoms with Gasteiger partial charge in [0.05, 0.1) is 22.8 Å². The van der Waals surface area contributed by atoms with Crippen molar-refractivity contribution in [2.45, 2.75) is 57.4 Å². The summed E-state index contributed by atoms with van der Waals surface area (Å²) in [6.07, 6.45) is 10.4. The molecule has 0 amide bonds. The van der Waals surface area contributed by atoms with Crippen molar-refractivity contribution in [1.29, 1.82) is 0 Å². The first-order valence-electron chi connectivity index (χ1n) is 10.7. The van der Waals surface area contributed by atoms with Crippen molar-refractivity contribution in [3.05, 3.63) is 72.1 Å². The van der Waals surface area contributed by atoms with Gasteiger partial charge in [-0.25, -0.2) is 0 Å². The van der Waals surface area contributed by atoms with Crippen LogP contribution in [0.15, 0.2) is 54.6 Å². The van der Waals surface area contributed by atoms with Crippen LogP contribution in [0.25, 0.3) is 27.5 Å². The van der Waals surface area contributed by atoms with E-state index in [-0.39, 0.29) is 5.41 Å². The lowest BCUT2D eigenvalue weighted by Gasteiger charge is -2.36. The van der Waals surface area contributed by atoms with Crippen LogP contribution in [0.4, 0.5) is 0 Å². The number of hydrogen-bond acceptors (Lipinski definition) is 0. The third kappa shape index (κ3) is 2.06. The molecule has 1 aromatic heterocycles. The smallest absolute Gasteiger partial charge is 0.244 e. The van der Waals surface area contributed by atoms with Crippen molar-refractivity contribution in [2.75, 3.05) is 0 Å². The van der Waals surface area contributed by atoms with Crippen molar-refractivity contribution in [2.24, 2.45) is 0 Å². The Hall–Kier alpha value is -2.61. The molecule has 1 fully saturated rings. The quantitative estimate of drug-likeness (QED) is 0.288. The first kappa shape index (κ1) is 16.4. The second kappa shape index (κ2) is 5.70. The van der Waals surface area contributed by atoms with Crippen LogP contribution in [0.3, 0.4) is 0 Å². The van der Waals surface area contributed by atoms with E-state index >= 15 is 0 Å². The molecule has 2 aliphatic rings. The summed E-state index contributed by atoms with van der Waals surface area (Å²) < 4.78 is 4.81. The summed E-state index contributed by atoms with van der Waals surface area (Å²) in [6.45, 7) is 4.77. The first-order valence-corrected chi connectivity index (χ1v) is 10.7. The molecule has 0 unspecified atom stereocenters. The third-order valence-electron chi connectivity index (χ3n) is 7.09. The van der Waals surface area contributed by atoms with Gasteiger partial charge in [0, 0.05) is 5.41 Å². The Morgan fingerprint density at radius 2 is 1.75 bits per heavy atom. The van der Waals surface area contributed by atoms with E-state index in [9.17, 15) is 0 Å². The average molecular weight is 367 g/mol. The highest BCUT2D eigenvalue weighted by molar-refractivity contribution is 5.92. The minimum absolute atomic E-state index is 0.0394. The number of benzene rings is 3. The van der Waals surface area contributed by atoms with Gasteiger partial charge in [-0.1, -0.05) is 74.9 Å². The molecule has 2 heterocycles. The molecule has 1 aliphatic heterocycles. The molecule has 0 atom stereocenters. The van der Waals surface area contributed by atoms with Gasteiger partial charge in [0.2, 0.25) is 6.33 Å². The van der Waals surface area contributed by atoms with Gasteiger partial charge in [0.1, 0.15) is 0 Å². The maximum absolute atomic E-state index is 3.79. The Bertz CT molecular complexity index is 1220. The van der Waals surface area contributed by atoms with Crippen molar-refractivity contribution < 1.29 is 4.57 Å². The molecule has 0 radical (unpaired) electrons. The monoisotopic (exact) mass is 366 g/mol. The van der Waals surface area contributed by atoms with E-state index in [4.69, 9.17) is 0 Å². The van der Waals surface area contributed by atoms with Crippen LogP contribution in [0.5, 0.6) is 0 Å². The first-order chi connectivity index (χ1) is 13.7. The molecule has 140 valence electrons. The fraction of sp³-hybridized carbons (Fsp3) is 0.346. The summed E-state index contributed by atoms with van der Waals surface area (Å²) in [5.74, 6) is 0. The minimum Gasteiger partial charge on any atom is -0.319 e. The van der Waals surface area contributed by atoms with Crippen LogP contribution in [-0.2, 0) is 5.41 Å². The van der Waals surface area contributed by atoms with Gasteiger partial charge in [-0.2, -0.15) is 0 Å². The van der Waals surface area contributed by atoms with Crippen LogP contribution in [0.2, 0.25) is 0 Å². The summed E-state index contributed by atoms with van der Waals surface area (Å²) >= 11 is 0. The molecule has 6 rings (SSSR count). The molecule has 3 aromatic carbocycles. The Labute approximate surface area is 166 Å². The molecule has 0 bridgehead atoms. The third-order valence-corrected chi connectivity index (χ3v) is 7.09. The fourth-order valence-corrected chi connectivity index (χ4v) is 5.71. The largest absolute Gasteiger partial charge is 0.319 e. The normalized spacial score (nSPS) is 18.5. The van der Waals surface area contributed by atoms with E-state index in [1.807, 2.05) is 0 Å². The second-order valence-electron chi connectivity index (χ2n) is 9.08. The van der Waals surface area contributed by atoms with Crippen molar-refractivity contribution in [3.8, 4) is 5.69 Å². The maximum Gasteiger partial charge on any atom is 0.244 e. The SMILES string of the molecule is CC1(C)c2c(ccc3ccccc23)-[n+]2[c-]n(C3CCCCC3)c3cccc1c32. The Balaban J connectivity index is 1.72. The van der Waals surface area contributed by atoms with Crippen LogP contribution < -0.4 is 4.57 Å². The molecule has 1 aliphatic carbocycles. The predicted octanol–water partition coefficient (Wildman–Crippen LogP) is 6.02. The summed E-state index contributed by atoms with van der Waals surface area (Å²) in [6, 6.07) is 20.8. The van der Waals surface area contributed by atoms with Gasteiger partial charge in [-0.15, -0.1) is 0 Å².